The van der Waals surface area contributed by atoms with Crippen molar-refractivity contribution in [1.29, 1.82) is 0 Å². The predicted molar refractivity (Wildman–Crippen MR) is 47.3 cm³/mol. The smallest absolute Gasteiger partial charge is 0.223 e. The summed E-state index contributed by atoms with van der Waals surface area (Å²) in [7, 11) is 0. The number of halogens is 1. The zero-order valence-corrected chi connectivity index (χ0v) is 7.14. The first-order valence-electron chi connectivity index (χ1n) is 3.98. The molecule has 0 N–H and O–H groups in total. The van der Waals surface area contributed by atoms with Gasteiger partial charge in [0.25, 0.3) is 0 Å². The van der Waals surface area contributed by atoms with E-state index in [9.17, 15) is 4.39 Å². The minimum Gasteiger partial charge on any atom is -0.436 e. The van der Waals surface area contributed by atoms with Crippen LogP contribution in [-0.2, 0) is 0 Å². The molecule has 0 fully saturated rings. The number of para-hydroxylation sites is 1. The van der Waals surface area contributed by atoms with Crippen molar-refractivity contribution in [2.45, 2.75) is 0 Å². The third-order valence-electron chi connectivity index (χ3n) is 1.56. The lowest BCUT2D eigenvalue weighted by Gasteiger charge is -2.03. The number of hydrogen-bond acceptors (Lipinski definition) is 3. The minimum absolute atomic E-state index is 0.139. The Labute approximate surface area is 80.2 Å². The van der Waals surface area contributed by atoms with Crippen LogP contribution in [0.25, 0.3) is 0 Å². The Bertz CT molecular complexity index is 419. The molecular formula is C10H6FN2O. The van der Waals surface area contributed by atoms with E-state index in [4.69, 9.17) is 4.74 Å². The highest BCUT2D eigenvalue weighted by molar-refractivity contribution is 5.27. The molecule has 1 aromatic carbocycles. The summed E-state index contributed by atoms with van der Waals surface area (Å²) in [5.41, 5.74) is 0. The Morgan fingerprint density at radius 3 is 2.79 bits per heavy atom. The lowest BCUT2D eigenvalue weighted by atomic mass is 10.3. The number of ether oxygens (including phenoxy) is 1. The summed E-state index contributed by atoms with van der Waals surface area (Å²) in [5.74, 6) is -0.0178. The van der Waals surface area contributed by atoms with Crippen molar-refractivity contribution in [3.8, 4) is 11.6 Å². The van der Waals surface area contributed by atoms with Crippen LogP contribution in [0.1, 0.15) is 0 Å². The van der Waals surface area contributed by atoms with Gasteiger partial charge in [0.1, 0.15) is 0 Å². The molecule has 69 valence electrons. The second-order valence-corrected chi connectivity index (χ2v) is 2.53. The summed E-state index contributed by atoms with van der Waals surface area (Å²) >= 11 is 0. The van der Waals surface area contributed by atoms with Crippen molar-refractivity contribution < 1.29 is 9.13 Å². The van der Waals surface area contributed by atoms with E-state index in [0.717, 1.165) is 0 Å². The summed E-state index contributed by atoms with van der Waals surface area (Å²) in [6.45, 7) is 0. The van der Waals surface area contributed by atoms with Gasteiger partial charge >= 0.3 is 0 Å². The van der Waals surface area contributed by atoms with Gasteiger partial charge in [-0.25, -0.2) is 9.37 Å². The SMILES string of the molecule is Fc1ccccc1Oc1ccn[c]n1. The van der Waals surface area contributed by atoms with Gasteiger partial charge in [0.05, 0.1) is 0 Å². The summed E-state index contributed by atoms with van der Waals surface area (Å²) in [5, 5.41) is 0. The maximum atomic E-state index is 13.1. The fourth-order valence-corrected chi connectivity index (χ4v) is 0.947. The van der Waals surface area contributed by atoms with Crippen molar-refractivity contribution >= 4 is 0 Å². The van der Waals surface area contributed by atoms with E-state index >= 15 is 0 Å². The molecule has 14 heavy (non-hydrogen) atoms. The molecule has 1 radical (unpaired) electrons. The van der Waals surface area contributed by atoms with Crippen LogP contribution in [-0.4, -0.2) is 9.97 Å². The normalized spacial score (nSPS) is 9.79. The standard InChI is InChI=1S/C10H6FN2O/c11-8-3-1-2-4-9(8)14-10-5-6-12-7-13-10/h1-6H. The molecule has 0 unspecified atom stereocenters. The largest absolute Gasteiger partial charge is 0.436 e. The molecule has 0 saturated carbocycles. The van der Waals surface area contributed by atoms with E-state index in [1.54, 1.807) is 12.1 Å². The fourth-order valence-electron chi connectivity index (χ4n) is 0.947. The molecule has 1 aromatic heterocycles. The van der Waals surface area contributed by atoms with Gasteiger partial charge in [-0.05, 0) is 12.1 Å². The van der Waals surface area contributed by atoms with Crippen molar-refractivity contribution in [2.75, 3.05) is 0 Å². The van der Waals surface area contributed by atoms with Crippen LogP contribution < -0.4 is 4.74 Å². The molecule has 0 atom stereocenters. The Balaban J connectivity index is 2.24. The molecule has 0 aliphatic carbocycles. The highest BCUT2D eigenvalue weighted by atomic mass is 19.1. The maximum Gasteiger partial charge on any atom is 0.223 e. The molecule has 2 aromatic rings. The molecule has 3 nitrogen and oxygen atoms in total. The molecule has 0 spiro atoms. The first-order valence-corrected chi connectivity index (χ1v) is 3.98. The van der Waals surface area contributed by atoms with Gasteiger partial charge in [-0.2, -0.15) is 4.98 Å². The van der Waals surface area contributed by atoms with Crippen LogP contribution in [0.3, 0.4) is 0 Å². The summed E-state index contributed by atoms with van der Waals surface area (Å²) < 4.78 is 18.2. The average Bonchev–Trinajstić information content (AvgIpc) is 2.23. The zero-order chi connectivity index (χ0) is 9.80. The molecule has 2 rings (SSSR count). The number of rotatable bonds is 2. The van der Waals surface area contributed by atoms with E-state index in [-0.39, 0.29) is 11.6 Å². The van der Waals surface area contributed by atoms with Gasteiger partial charge in [0, 0.05) is 12.3 Å². The van der Waals surface area contributed by atoms with Gasteiger partial charge in [-0.3, -0.25) is 0 Å². The van der Waals surface area contributed by atoms with E-state index in [1.807, 2.05) is 0 Å². The van der Waals surface area contributed by atoms with E-state index in [1.165, 1.54) is 24.4 Å². The second kappa shape index (κ2) is 3.83. The monoisotopic (exact) mass is 189 g/mol. The van der Waals surface area contributed by atoms with Gasteiger partial charge in [0.15, 0.2) is 11.6 Å². The van der Waals surface area contributed by atoms with E-state index < -0.39 is 5.82 Å². The maximum absolute atomic E-state index is 13.1. The molecule has 0 saturated heterocycles. The van der Waals surface area contributed by atoms with Crippen molar-refractivity contribution in [1.82, 2.24) is 9.97 Å². The van der Waals surface area contributed by atoms with Crippen LogP contribution in [0.5, 0.6) is 11.6 Å². The van der Waals surface area contributed by atoms with Gasteiger partial charge in [-0.1, -0.05) is 12.1 Å². The highest BCUT2D eigenvalue weighted by Gasteiger charge is 2.02. The zero-order valence-electron chi connectivity index (χ0n) is 7.14. The molecule has 0 amide bonds. The molecule has 4 heteroatoms. The van der Waals surface area contributed by atoms with Crippen molar-refractivity contribution in [3.63, 3.8) is 0 Å². The Morgan fingerprint density at radius 2 is 2.07 bits per heavy atom. The Kier molecular flexibility index (Phi) is 2.36. The topological polar surface area (TPSA) is 35.0 Å². The average molecular weight is 189 g/mol. The van der Waals surface area contributed by atoms with Crippen LogP contribution in [0.2, 0.25) is 0 Å². The second-order valence-electron chi connectivity index (χ2n) is 2.53. The van der Waals surface area contributed by atoms with Crippen LogP contribution in [0.4, 0.5) is 4.39 Å². The van der Waals surface area contributed by atoms with E-state index in [0.29, 0.717) is 0 Å². The van der Waals surface area contributed by atoms with Gasteiger partial charge < -0.3 is 4.74 Å². The molecule has 0 aliphatic rings. The first-order chi connectivity index (χ1) is 6.86. The van der Waals surface area contributed by atoms with E-state index in [2.05, 4.69) is 16.3 Å². The van der Waals surface area contributed by atoms with Crippen LogP contribution in [0, 0.1) is 12.1 Å². The van der Waals surface area contributed by atoms with Crippen molar-refractivity contribution in [3.05, 3.63) is 48.7 Å². The number of hydrogen-bond donors (Lipinski definition) is 0. The number of nitrogens with zero attached hydrogens (tertiary/aromatic N) is 2. The van der Waals surface area contributed by atoms with Gasteiger partial charge in [-0.15, -0.1) is 0 Å². The Morgan fingerprint density at radius 1 is 1.21 bits per heavy atom. The lowest BCUT2D eigenvalue weighted by molar-refractivity contribution is 0.426. The first kappa shape index (κ1) is 8.62. The quantitative estimate of drug-likeness (QED) is 0.726. The van der Waals surface area contributed by atoms with Crippen molar-refractivity contribution in [2.24, 2.45) is 0 Å². The lowest BCUT2D eigenvalue weighted by Crippen LogP contribution is -1.90. The fraction of sp³-hybridized carbons (Fsp3) is 0. The summed E-state index contributed by atoms with van der Waals surface area (Å²) in [6, 6.07) is 7.65. The predicted octanol–water partition coefficient (Wildman–Crippen LogP) is 2.21. The Hall–Kier alpha value is -1.97. The number of aromatic nitrogens is 2. The number of benzene rings is 1. The van der Waals surface area contributed by atoms with Crippen LogP contribution >= 0.6 is 0 Å². The third kappa shape index (κ3) is 1.85. The molecular weight excluding hydrogens is 183 g/mol. The van der Waals surface area contributed by atoms with Gasteiger partial charge in [0.2, 0.25) is 12.2 Å². The third-order valence-corrected chi connectivity index (χ3v) is 1.56. The summed E-state index contributed by atoms with van der Waals surface area (Å²) in [6.07, 6.45) is 3.83. The highest BCUT2D eigenvalue weighted by Crippen LogP contribution is 2.21. The van der Waals surface area contributed by atoms with Crippen LogP contribution in [0.15, 0.2) is 36.5 Å². The molecule has 0 aliphatic heterocycles. The minimum atomic E-state index is -0.425. The summed E-state index contributed by atoms with van der Waals surface area (Å²) in [4.78, 5) is 7.29. The molecule has 1 heterocycles. The molecule has 0 bridgehead atoms.